The van der Waals surface area contributed by atoms with Crippen molar-refractivity contribution in [2.45, 2.75) is 5.75 Å². The first-order chi connectivity index (χ1) is 13.9. The first-order valence-electron chi connectivity index (χ1n) is 8.34. The molecule has 29 heavy (non-hydrogen) atoms. The van der Waals surface area contributed by atoms with Gasteiger partial charge in [-0.15, -0.1) is 11.8 Å². The number of esters is 1. The number of nitrogens with one attached hydrogen (secondary N) is 1. The molecule has 9 nitrogen and oxygen atoms in total. The quantitative estimate of drug-likeness (QED) is 0.373. The highest BCUT2D eigenvalue weighted by atomic mass is 32.2. The van der Waals surface area contributed by atoms with Crippen LogP contribution in [-0.4, -0.2) is 43.9 Å². The number of hydrogen-bond acceptors (Lipinski definition) is 8. The molecule has 0 saturated carbocycles. The highest BCUT2D eigenvalue weighted by Crippen LogP contribution is 2.29. The zero-order valence-corrected chi connectivity index (χ0v) is 16.9. The van der Waals surface area contributed by atoms with E-state index in [1.54, 1.807) is 18.2 Å². The van der Waals surface area contributed by atoms with Gasteiger partial charge in [-0.25, -0.2) is 4.79 Å². The number of nitro groups is 1. The average molecular weight is 420 g/mol. The summed E-state index contributed by atoms with van der Waals surface area (Å²) >= 11 is 1.28. The van der Waals surface area contributed by atoms with E-state index in [4.69, 9.17) is 14.2 Å². The molecule has 0 aromatic heterocycles. The van der Waals surface area contributed by atoms with Gasteiger partial charge in [0.2, 0.25) is 5.91 Å². The van der Waals surface area contributed by atoms with Crippen molar-refractivity contribution in [1.82, 2.24) is 0 Å². The summed E-state index contributed by atoms with van der Waals surface area (Å²) in [5, 5.41) is 13.8. The monoisotopic (exact) mass is 420 g/mol. The average Bonchev–Trinajstić information content (AvgIpc) is 2.73. The van der Waals surface area contributed by atoms with Crippen LogP contribution in [-0.2, 0) is 15.3 Å². The van der Waals surface area contributed by atoms with Gasteiger partial charge in [0, 0.05) is 11.8 Å². The van der Waals surface area contributed by atoms with Gasteiger partial charge in [0.05, 0.1) is 43.3 Å². The van der Waals surface area contributed by atoms with Crippen LogP contribution >= 0.6 is 11.8 Å². The smallest absolute Gasteiger partial charge is 0.340 e. The maximum absolute atomic E-state index is 12.3. The van der Waals surface area contributed by atoms with E-state index in [0.29, 0.717) is 22.8 Å². The van der Waals surface area contributed by atoms with Gasteiger partial charge in [0.15, 0.2) is 5.75 Å². The summed E-state index contributed by atoms with van der Waals surface area (Å²) < 4.78 is 14.8. The summed E-state index contributed by atoms with van der Waals surface area (Å²) in [6.45, 7) is 0. The van der Waals surface area contributed by atoms with Crippen LogP contribution in [0.3, 0.4) is 0 Å². The Kier molecular flexibility index (Phi) is 7.84. The third-order valence-electron chi connectivity index (χ3n) is 3.85. The summed E-state index contributed by atoms with van der Waals surface area (Å²) in [6, 6.07) is 9.30. The zero-order valence-electron chi connectivity index (χ0n) is 16.1. The Hall–Kier alpha value is -3.27. The molecule has 0 atom stereocenters. The van der Waals surface area contributed by atoms with E-state index in [1.807, 2.05) is 0 Å². The first kappa shape index (κ1) is 22.0. The predicted molar refractivity (Wildman–Crippen MR) is 109 cm³/mol. The SMILES string of the molecule is COC(=O)c1cc(OC)ccc1NC(=O)CSCc1ccc(OC)c([N+](=O)[O-])c1. The van der Waals surface area contributed by atoms with Crippen LogP contribution in [0, 0.1) is 10.1 Å². The number of anilines is 1. The van der Waals surface area contributed by atoms with Crippen LogP contribution in [0.5, 0.6) is 11.5 Å². The highest BCUT2D eigenvalue weighted by molar-refractivity contribution is 7.99. The lowest BCUT2D eigenvalue weighted by Gasteiger charge is -2.11. The number of nitrogens with zero attached hydrogens (tertiary/aromatic N) is 1. The second-order valence-corrected chi connectivity index (χ2v) is 6.69. The van der Waals surface area contributed by atoms with Crippen molar-refractivity contribution in [3.8, 4) is 11.5 Å². The molecule has 0 bridgehead atoms. The molecular weight excluding hydrogens is 400 g/mol. The van der Waals surface area contributed by atoms with E-state index in [-0.39, 0.29) is 28.7 Å². The number of carbonyl (C=O) groups is 2. The van der Waals surface area contributed by atoms with E-state index < -0.39 is 10.9 Å². The van der Waals surface area contributed by atoms with Crippen LogP contribution < -0.4 is 14.8 Å². The molecule has 0 aliphatic heterocycles. The second-order valence-electron chi connectivity index (χ2n) is 5.71. The van der Waals surface area contributed by atoms with Crippen LogP contribution in [0.25, 0.3) is 0 Å². The minimum Gasteiger partial charge on any atom is -0.497 e. The number of carbonyl (C=O) groups excluding carboxylic acids is 2. The number of rotatable bonds is 9. The lowest BCUT2D eigenvalue weighted by atomic mass is 10.1. The van der Waals surface area contributed by atoms with Gasteiger partial charge in [-0.3, -0.25) is 14.9 Å². The van der Waals surface area contributed by atoms with E-state index >= 15 is 0 Å². The van der Waals surface area contributed by atoms with Crippen molar-refractivity contribution in [2.75, 3.05) is 32.4 Å². The van der Waals surface area contributed by atoms with E-state index in [2.05, 4.69) is 5.32 Å². The minimum atomic E-state index is -0.600. The number of methoxy groups -OCH3 is 3. The Labute approximate surface area is 171 Å². The Morgan fingerprint density at radius 3 is 2.48 bits per heavy atom. The Balaban J connectivity index is 2.00. The molecule has 0 spiro atoms. The first-order valence-corrected chi connectivity index (χ1v) is 9.50. The number of ether oxygens (including phenoxy) is 3. The third kappa shape index (κ3) is 5.85. The van der Waals surface area contributed by atoms with Crippen LogP contribution in [0.15, 0.2) is 36.4 Å². The van der Waals surface area contributed by atoms with Crippen LogP contribution in [0.4, 0.5) is 11.4 Å². The Morgan fingerprint density at radius 2 is 1.86 bits per heavy atom. The molecule has 0 saturated heterocycles. The lowest BCUT2D eigenvalue weighted by Crippen LogP contribution is -2.17. The van der Waals surface area contributed by atoms with Crippen LogP contribution in [0.2, 0.25) is 0 Å². The molecule has 2 rings (SSSR count). The fraction of sp³-hybridized carbons (Fsp3) is 0.263. The molecule has 0 radical (unpaired) electrons. The largest absolute Gasteiger partial charge is 0.497 e. The number of hydrogen-bond donors (Lipinski definition) is 1. The fourth-order valence-electron chi connectivity index (χ4n) is 2.45. The summed E-state index contributed by atoms with van der Waals surface area (Å²) in [5.74, 6) is 0.193. The van der Waals surface area contributed by atoms with Gasteiger partial charge in [-0.2, -0.15) is 0 Å². The molecule has 0 aliphatic carbocycles. The molecule has 0 unspecified atom stereocenters. The molecular formula is C19H20N2O7S. The lowest BCUT2D eigenvalue weighted by molar-refractivity contribution is -0.385. The summed E-state index contributed by atoms with van der Waals surface area (Å²) in [4.78, 5) is 34.7. The summed E-state index contributed by atoms with van der Waals surface area (Å²) in [5.41, 5.74) is 1.05. The van der Waals surface area contributed by atoms with Crippen molar-refractivity contribution in [3.63, 3.8) is 0 Å². The predicted octanol–water partition coefficient (Wildman–Crippen LogP) is 3.27. The molecule has 0 aliphatic rings. The van der Waals surface area contributed by atoms with Gasteiger partial charge in [-0.05, 0) is 29.8 Å². The molecule has 2 aromatic rings. The van der Waals surface area contributed by atoms with E-state index in [9.17, 15) is 19.7 Å². The topological polar surface area (TPSA) is 117 Å². The van der Waals surface area contributed by atoms with Crippen molar-refractivity contribution >= 4 is 35.0 Å². The molecule has 2 aromatic carbocycles. The second kappa shape index (κ2) is 10.3. The molecule has 1 N–H and O–H groups in total. The fourth-order valence-corrected chi connectivity index (χ4v) is 3.23. The van der Waals surface area contributed by atoms with Gasteiger partial charge in [0.1, 0.15) is 5.75 Å². The van der Waals surface area contributed by atoms with E-state index in [1.165, 1.54) is 51.3 Å². The molecule has 10 heteroatoms. The molecule has 154 valence electrons. The molecule has 0 fully saturated rings. The standard InChI is InChI=1S/C19H20N2O7S/c1-26-13-5-6-15(14(9-13)19(23)28-3)20-18(22)11-29-10-12-4-7-17(27-2)16(8-12)21(24)25/h4-9H,10-11H2,1-3H3,(H,20,22). The van der Waals surface area contributed by atoms with Gasteiger partial charge >= 0.3 is 11.7 Å². The highest BCUT2D eigenvalue weighted by Gasteiger charge is 2.17. The normalized spacial score (nSPS) is 10.2. The van der Waals surface area contributed by atoms with Gasteiger partial charge in [-0.1, -0.05) is 6.07 Å². The van der Waals surface area contributed by atoms with Gasteiger partial charge < -0.3 is 19.5 Å². The number of nitro benzene ring substituents is 1. The Bertz CT molecular complexity index is 917. The maximum atomic E-state index is 12.3. The van der Waals surface area contributed by atoms with Crippen molar-refractivity contribution < 1.29 is 28.7 Å². The van der Waals surface area contributed by atoms with Crippen molar-refractivity contribution in [3.05, 3.63) is 57.6 Å². The minimum absolute atomic E-state index is 0.0898. The van der Waals surface area contributed by atoms with E-state index in [0.717, 1.165) is 0 Å². The Morgan fingerprint density at radius 1 is 1.10 bits per heavy atom. The van der Waals surface area contributed by atoms with Crippen molar-refractivity contribution in [2.24, 2.45) is 0 Å². The van der Waals surface area contributed by atoms with Crippen LogP contribution in [0.1, 0.15) is 15.9 Å². The summed E-state index contributed by atoms with van der Waals surface area (Å²) in [7, 11) is 4.08. The van der Waals surface area contributed by atoms with Crippen molar-refractivity contribution in [1.29, 1.82) is 0 Å². The third-order valence-corrected chi connectivity index (χ3v) is 4.85. The number of benzene rings is 2. The molecule has 0 heterocycles. The zero-order chi connectivity index (χ0) is 21.4. The number of thioether (sulfide) groups is 1. The summed E-state index contributed by atoms with van der Waals surface area (Å²) in [6.07, 6.45) is 0. The molecule has 1 amide bonds. The van der Waals surface area contributed by atoms with Gasteiger partial charge in [0.25, 0.3) is 0 Å². The number of amides is 1. The maximum Gasteiger partial charge on any atom is 0.340 e.